The zero-order valence-electron chi connectivity index (χ0n) is 13.0. The Hall–Kier alpha value is -2.10. The van der Waals surface area contributed by atoms with Crippen molar-refractivity contribution < 1.29 is 4.79 Å². The molecule has 1 aromatic carbocycles. The van der Waals surface area contributed by atoms with Crippen LogP contribution in [0.15, 0.2) is 36.5 Å². The standard InChI is InChI=1S/C17H23N3O/c1-4-14(5-2)17(21)18-16-10-11-20(19-16)12-15-9-7-6-8-13(15)3/h6-11,14H,4-5,12H2,1-3H3,(H,18,19,21). The maximum absolute atomic E-state index is 12.0. The number of carbonyl (C=O) groups is 1. The second kappa shape index (κ2) is 7.07. The van der Waals surface area contributed by atoms with Crippen molar-refractivity contribution in [3.63, 3.8) is 0 Å². The second-order valence-corrected chi connectivity index (χ2v) is 5.33. The van der Waals surface area contributed by atoms with Gasteiger partial charge in [-0.2, -0.15) is 5.10 Å². The summed E-state index contributed by atoms with van der Waals surface area (Å²) in [6.07, 6.45) is 3.60. The van der Waals surface area contributed by atoms with Gasteiger partial charge in [-0.1, -0.05) is 38.1 Å². The van der Waals surface area contributed by atoms with E-state index in [-0.39, 0.29) is 11.8 Å². The van der Waals surface area contributed by atoms with E-state index in [1.807, 2.05) is 42.9 Å². The van der Waals surface area contributed by atoms with Crippen molar-refractivity contribution in [1.29, 1.82) is 0 Å². The van der Waals surface area contributed by atoms with Crippen molar-refractivity contribution in [2.24, 2.45) is 5.92 Å². The molecule has 0 saturated heterocycles. The molecule has 0 bridgehead atoms. The molecule has 0 radical (unpaired) electrons. The van der Waals surface area contributed by atoms with Gasteiger partial charge in [0.05, 0.1) is 6.54 Å². The van der Waals surface area contributed by atoms with E-state index < -0.39 is 0 Å². The fraction of sp³-hybridized carbons (Fsp3) is 0.412. The summed E-state index contributed by atoms with van der Waals surface area (Å²) >= 11 is 0. The van der Waals surface area contributed by atoms with E-state index in [2.05, 4.69) is 29.5 Å². The first-order valence-electron chi connectivity index (χ1n) is 7.52. The number of carbonyl (C=O) groups excluding carboxylic acids is 1. The van der Waals surface area contributed by atoms with Crippen molar-refractivity contribution >= 4 is 11.7 Å². The monoisotopic (exact) mass is 285 g/mol. The summed E-state index contributed by atoms with van der Waals surface area (Å²) in [6, 6.07) is 10.1. The van der Waals surface area contributed by atoms with Gasteiger partial charge in [0.15, 0.2) is 5.82 Å². The molecule has 2 aromatic rings. The van der Waals surface area contributed by atoms with Crippen molar-refractivity contribution in [1.82, 2.24) is 9.78 Å². The number of nitrogens with one attached hydrogen (secondary N) is 1. The minimum Gasteiger partial charge on any atom is -0.309 e. The lowest BCUT2D eigenvalue weighted by molar-refractivity contribution is -0.120. The van der Waals surface area contributed by atoms with Gasteiger partial charge in [-0.25, -0.2) is 0 Å². The topological polar surface area (TPSA) is 46.9 Å². The van der Waals surface area contributed by atoms with Gasteiger partial charge in [0.2, 0.25) is 5.91 Å². The summed E-state index contributed by atoms with van der Waals surface area (Å²) in [7, 11) is 0. The summed E-state index contributed by atoms with van der Waals surface area (Å²) in [5, 5.41) is 7.32. The average molecular weight is 285 g/mol. The molecule has 0 unspecified atom stereocenters. The molecule has 0 fully saturated rings. The number of amides is 1. The maximum Gasteiger partial charge on any atom is 0.228 e. The number of benzene rings is 1. The largest absolute Gasteiger partial charge is 0.309 e. The quantitative estimate of drug-likeness (QED) is 0.881. The van der Waals surface area contributed by atoms with Crippen LogP contribution in [0.5, 0.6) is 0 Å². The summed E-state index contributed by atoms with van der Waals surface area (Å²) < 4.78 is 1.85. The van der Waals surface area contributed by atoms with Crippen molar-refractivity contribution in [2.75, 3.05) is 5.32 Å². The number of anilines is 1. The highest BCUT2D eigenvalue weighted by molar-refractivity contribution is 5.91. The van der Waals surface area contributed by atoms with Crippen LogP contribution >= 0.6 is 0 Å². The smallest absolute Gasteiger partial charge is 0.228 e. The molecular formula is C17H23N3O. The predicted molar refractivity (Wildman–Crippen MR) is 85.2 cm³/mol. The number of hydrogen-bond acceptors (Lipinski definition) is 2. The average Bonchev–Trinajstić information content (AvgIpc) is 2.90. The first-order valence-corrected chi connectivity index (χ1v) is 7.52. The molecule has 21 heavy (non-hydrogen) atoms. The molecule has 0 aliphatic rings. The van der Waals surface area contributed by atoms with E-state index in [0.29, 0.717) is 12.4 Å². The molecule has 0 aliphatic carbocycles. The van der Waals surface area contributed by atoms with E-state index in [0.717, 1.165) is 12.8 Å². The summed E-state index contributed by atoms with van der Waals surface area (Å²) in [4.78, 5) is 12.0. The Bertz CT molecular complexity index is 600. The second-order valence-electron chi connectivity index (χ2n) is 5.33. The van der Waals surface area contributed by atoms with Crippen LogP contribution in [-0.4, -0.2) is 15.7 Å². The summed E-state index contributed by atoms with van der Waals surface area (Å²) in [5.41, 5.74) is 2.48. The summed E-state index contributed by atoms with van der Waals surface area (Å²) in [5.74, 6) is 0.744. The van der Waals surface area contributed by atoms with Crippen LogP contribution in [0.3, 0.4) is 0 Å². The lowest BCUT2D eigenvalue weighted by atomic mass is 10.0. The minimum absolute atomic E-state index is 0.0566. The predicted octanol–water partition coefficient (Wildman–Crippen LogP) is 3.61. The zero-order valence-corrected chi connectivity index (χ0v) is 13.0. The van der Waals surface area contributed by atoms with Gasteiger partial charge in [-0.05, 0) is 30.9 Å². The lowest BCUT2D eigenvalue weighted by Crippen LogP contribution is -2.22. The Morgan fingerprint density at radius 3 is 2.62 bits per heavy atom. The van der Waals surface area contributed by atoms with Crippen LogP contribution in [0.2, 0.25) is 0 Å². The van der Waals surface area contributed by atoms with Crippen LogP contribution in [0.4, 0.5) is 5.82 Å². The van der Waals surface area contributed by atoms with Gasteiger partial charge in [0, 0.05) is 18.2 Å². The molecule has 2 rings (SSSR count). The molecule has 0 saturated carbocycles. The fourth-order valence-corrected chi connectivity index (χ4v) is 2.37. The Balaban J connectivity index is 2.02. The normalized spacial score (nSPS) is 10.9. The highest BCUT2D eigenvalue weighted by Crippen LogP contribution is 2.13. The van der Waals surface area contributed by atoms with E-state index in [9.17, 15) is 4.79 Å². The molecule has 0 spiro atoms. The molecule has 1 amide bonds. The maximum atomic E-state index is 12.0. The van der Waals surface area contributed by atoms with Crippen LogP contribution in [0.1, 0.15) is 37.8 Å². The molecule has 4 heteroatoms. The van der Waals surface area contributed by atoms with Gasteiger partial charge < -0.3 is 5.32 Å². The highest BCUT2D eigenvalue weighted by atomic mass is 16.1. The molecule has 1 N–H and O–H groups in total. The molecule has 4 nitrogen and oxygen atoms in total. The van der Waals surface area contributed by atoms with Crippen LogP contribution in [0.25, 0.3) is 0 Å². The zero-order chi connectivity index (χ0) is 15.2. The number of nitrogens with zero attached hydrogens (tertiary/aromatic N) is 2. The number of aromatic nitrogens is 2. The SMILES string of the molecule is CCC(CC)C(=O)Nc1ccn(Cc2ccccc2C)n1. The molecule has 0 aliphatic heterocycles. The minimum atomic E-state index is 0.0566. The van der Waals surface area contributed by atoms with Crippen LogP contribution in [0, 0.1) is 12.8 Å². The molecular weight excluding hydrogens is 262 g/mol. The highest BCUT2D eigenvalue weighted by Gasteiger charge is 2.15. The Kier molecular flexibility index (Phi) is 5.14. The van der Waals surface area contributed by atoms with E-state index >= 15 is 0 Å². The van der Waals surface area contributed by atoms with E-state index in [1.54, 1.807) is 0 Å². The van der Waals surface area contributed by atoms with Gasteiger partial charge >= 0.3 is 0 Å². The third-order valence-corrected chi connectivity index (χ3v) is 3.84. The van der Waals surface area contributed by atoms with Crippen molar-refractivity contribution in [2.45, 2.75) is 40.2 Å². The molecule has 0 atom stereocenters. The third kappa shape index (κ3) is 3.94. The van der Waals surface area contributed by atoms with Crippen LogP contribution in [-0.2, 0) is 11.3 Å². The van der Waals surface area contributed by atoms with Gasteiger partial charge in [-0.3, -0.25) is 9.48 Å². The number of aryl methyl sites for hydroxylation is 1. The third-order valence-electron chi connectivity index (χ3n) is 3.84. The van der Waals surface area contributed by atoms with Crippen molar-refractivity contribution in [3.8, 4) is 0 Å². The van der Waals surface area contributed by atoms with E-state index in [1.165, 1.54) is 11.1 Å². The Labute approximate surface area is 126 Å². The number of hydrogen-bond donors (Lipinski definition) is 1. The van der Waals surface area contributed by atoms with E-state index in [4.69, 9.17) is 0 Å². The summed E-state index contributed by atoms with van der Waals surface area (Å²) in [6.45, 7) is 6.87. The van der Waals surface area contributed by atoms with Gasteiger partial charge in [-0.15, -0.1) is 0 Å². The molecule has 1 aromatic heterocycles. The molecule has 1 heterocycles. The number of rotatable bonds is 6. The fourth-order valence-electron chi connectivity index (χ4n) is 2.37. The van der Waals surface area contributed by atoms with Crippen molar-refractivity contribution in [3.05, 3.63) is 47.7 Å². The first kappa shape index (κ1) is 15.3. The van der Waals surface area contributed by atoms with Gasteiger partial charge in [0.25, 0.3) is 0 Å². The Morgan fingerprint density at radius 2 is 1.95 bits per heavy atom. The van der Waals surface area contributed by atoms with Crippen LogP contribution < -0.4 is 5.32 Å². The molecule has 112 valence electrons. The lowest BCUT2D eigenvalue weighted by Gasteiger charge is -2.11. The van der Waals surface area contributed by atoms with Gasteiger partial charge in [0.1, 0.15) is 0 Å². The Morgan fingerprint density at radius 1 is 1.24 bits per heavy atom. The first-order chi connectivity index (χ1) is 10.1.